The monoisotopic (exact) mass is 401 g/mol. The Kier molecular flexibility index (Phi) is 7.61. The Bertz CT molecular complexity index is 619. The van der Waals surface area contributed by atoms with Crippen molar-refractivity contribution in [2.75, 3.05) is 43.5 Å². The first kappa shape index (κ1) is 20.9. The number of anilines is 2. The molecule has 3 aliphatic rings. The van der Waals surface area contributed by atoms with Crippen LogP contribution >= 0.6 is 0 Å². The van der Waals surface area contributed by atoms with Crippen LogP contribution in [0.5, 0.6) is 0 Å². The SMILES string of the molecule is COC1CCCCC1N1CCCCC(Nc2nccc(N3CCCCCC3)n2)C1. The van der Waals surface area contributed by atoms with Gasteiger partial charge in [0.25, 0.3) is 0 Å². The Morgan fingerprint density at radius 2 is 1.69 bits per heavy atom. The average molecular weight is 402 g/mol. The van der Waals surface area contributed by atoms with Crippen LogP contribution in [0.1, 0.15) is 70.6 Å². The van der Waals surface area contributed by atoms with E-state index in [1.807, 2.05) is 13.3 Å². The summed E-state index contributed by atoms with van der Waals surface area (Å²) in [4.78, 5) is 14.6. The summed E-state index contributed by atoms with van der Waals surface area (Å²) in [5.74, 6) is 1.88. The van der Waals surface area contributed by atoms with Crippen molar-refractivity contribution in [3.05, 3.63) is 12.3 Å². The molecule has 3 atom stereocenters. The van der Waals surface area contributed by atoms with Crippen molar-refractivity contribution in [3.63, 3.8) is 0 Å². The van der Waals surface area contributed by atoms with Crippen LogP contribution in [0.4, 0.5) is 11.8 Å². The quantitative estimate of drug-likeness (QED) is 0.802. The lowest BCUT2D eigenvalue weighted by atomic mass is 9.91. The van der Waals surface area contributed by atoms with E-state index < -0.39 is 0 Å². The van der Waals surface area contributed by atoms with Crippen LogP contribution in [0.25, 0.3) is 0 Å². The van der Waals surface area contributed by atoms with Gasteiger partial charge in [0.05, 0.1) is 6.10 Å². The number of hydrogen-bond donors (Lipinski definition) is 1. The van der Waals surface area contributed by atoms with Gasteiger partial charge >= 0.3 is 0 Å². The van der Waals surface area contributed by atoms with E-state index in [0.717, 1.165) is 31.4 Å². The molecule has 6 nitrogen and oxygen atoms in total. The molecule has 3 fully saturated rings. The lowest BCUT2D eigenvalue weighted by Crippen LogP contribution is -2.49. The fraction of sp³-hybridized carbons (Fsp3) is 0.826. The van der Waals surface area contributed by atoms with Gasteiger partial charge in [-0.1, -0.05) is 32.1 Å². The van der Waals surface area contributed by atoms with Gasteiger partial charge in [-0.2, -0.15) is 4.98 Å². The van der Waals surface area contributed by atoms with Crippen molar-refractivity contribution in [2.24, 2.45) is 0 Å². The molecular weight excluding hydrogens is 362 g/mol. The van der Waals surface area contributed by atoms with E-state index in [-0.39, 0.29) is 0 Å². The average Bonchev–Trinajstić information content (AvgIpc) is 3.17. The molecule has 2 aliphatic heterocycles. The van der Waals surface area contributed by atoms with Gasteiger partial charge in [0.1, 0.15) is 5.82 Å². The van der Waals surface area contributed by atoms with Crippen molar-refractivity contribution < 1.29 is 4.74 Å². The fourth-order valence-electron chi connectivity index (χ4n) is 5.44. The van der Waals surface area contributed by atoms with E-state index in [1.54, 1.807) is 0 Å². The number of aromatic nitrogens is 2. The molecule has 0 bridgehead atoms. The van der Waals surface area contributed by atoms with Crippen molar-refractivity contribution in [3.8, 4) is 0 Å². The molecule has 29 heavy (non-hydrogen) atoms. The second-order valence-electron chi connectivity index (χ2n) is 9.10. The van der Waals surface area contributed by atoms with Gasteiger partial charge in [-0.15, -0.1) is 0 Å². The maximum Gasteiger partial charge on any atom is 0.224 e. The standard InChI is InChI=1S/C23H39N5O/c1-29-21-12-5-4-11-20(21)28-17-9-6-10-19(18-28)25-23-24-14-13-22(26-23)27-15-7-2-3-8-16-27/h13-14,19-21H,2-12,15-18H2,1H3,(H,24,25,26). The van der Waals surface area contributed by atoms with Gasteiger partial charge in [0.2, 0.25) is 5.95 Å². The van der Waals surface area contributed by atoms with Crippen LogP contribution in [0.3, 0.4) is 0 Å². The minimum Gasteiger partial charge on any atom is -0.380 e. The Labute approximate surface area is 176 Å². The Hall–Kier alpha value is -1.40. The third-order valence-corrected chi connectivity index (χ3v) is 7.05. The molecule has 1 saturated carbocycles. The molecule has 3 heterocycles. The summed E-state index contributed by atoms with van der Waals surface area (Å²) >= 11 is 0. The van der Waals surface area contributed by atoms with E-state index in [0.29, 0.717) is 18.2 Å². The fourth-order valence-corrected chi connectivity index (χ4v) is 5.44. The molecule has 1 N–H and O–H groups in total. The van der Waals surface area contributed by atoms with Crippen molar-refractivity contribution in [2.45, 2.75) is 88.8 Å². The highest BCUT2D eigenvalue weighted by molar-refractivity contribution is 5.43. The summed E-state index contributed by atoms with van der Waals surface area (Å²) in [6, 6.07) is 3.05. The zero-order valence-corrected chi connectivity index (χ0v) is 18.2. The number of nitrogens with one attached hydrogen (secondary N) is 1. The molecular formula is C23H39N5O. The molecule has 6 heteroatoms. The van der Waals surface area contributed by atoms with Gasteiger partial charge in [-0.25, -0.2) is 4.98 Å². The summed E-state index contributed by atoms with van der Waals surface area (Å²) in [7, 11) is 1.89. The highest BCUT2D eigenvalue weighted by atomic mass is 16.5. The highest BCUT2D eigenvalue weighted by Crippen LogP contribution is 2.28. The second kappa shape index (κ2) is 10.6. The number of ether oxygens (including phenoxy) is 1. The van der Waals surface area contributed by atoms with E-state index in [9.17, 15) is 0 Å². The second-order valence-corrected chi connectivity index (χ2v) is 9.10. The van der Waals surface area contributed by atoms with Gasteiger partial charge in [0.15, 0.2) is 0 Å². The van der Waals surface area contributed by atoms with Crippen molar-refractivity contribution in [1.29, 1.82) is 0 Å². The Morgan fingerprint density at radius 3 is 2.52 bits per heavy atom. The largest absolute Gasteiger partial charge is 0.380 e. The molecule has 0 aromatic carbocycles. The third-order valence-electron chi connectivity index (χ3n) is 7.05. The van der Waals surface area contributed by atoms with Gasteiger partial charge in [-0.05, 0) is 51.1 Å². The van der Waals surface area contributed by atoms with Crippen LogP contribution in [0, 0.1) is 0 Å². The van der Waals surface area contributed by atoms with E-state index in [2.05, 4.69) is 26.2 Å². The molecule has 1 aromatic rings. The molecule has 0 radical (unpaired) electrons. The Balaban J connectivity index is 1.40. The first-order valence-electron chi connectivity index (χ1n) is 11.9. The normalized spacial score (nSPS) is 29.8. The van der Waals surface area contributed by atoms with Crippen LogP contribution in [-0.2, 0) is 4.74 Å². The minimum atomic E-state index is 0.394. The predicted molar refractivity (Wildman–Crippen MR) is 119 cm³/mol. The number of hydrogen-bond acceptors (Lipinski definition) is 6. The molecule has 1 aliphatic carbocycles. The summed E-state index contributed by atoms with van der Waals surface area (Å²) in [5, 5.41) is 3.69. The highest BCUT2D eigenvalue weighted by Gasteiger charge is 2.32. The minimum absolute atomic E-state index is 0.394. The number of methoxy groups -OCH3 is 1. The molecule has 2 saturated heterocycles. The van der Waals surface area contributed by atoms with Crippen LogP contribution < -0.4 is 10.2 Å². The number of nitrogens with zero attached hydrogens (tertiary/aromatic N) is 4. The first-order valence-corrected chi connectivity index (χ1v) is 11.9. The topological polar surface area (TPSA) is 53.5 Å². The zero-order valence-electron chi connectivity index (χ0n) is 18.2. The lowest BCUT2D eigenvalue weighted by molar-refractivity contribution is -0.0106. The number of rotatable bonds is 5. The van der Waals surface area contributed by atoms with Crippen LogP contribution in [0.15, 0.2) is 12.3 Å². The smallest absolute Gasteiger partial charge is 0.224 e. The lowest BCUT2D eigenvalue weighted by Gasteiger charge is -2.40. The van der Waals surface area contributed by atoms with E-state index in [4.69, 9.17) is 9.72 Å². The van der Waals surface area contributed by atoms with Crippen LogP contribution in [0.2, 0.25) is 0 Å². The van der Waals surface area contributed by atoms with E-state index >= 15 is 0 Å². The third kappa shape index (κ3) is 5.60. The van der Waals surface area contributed by atoms with E-state index in [1.165, 1.54) is 77.2 Å². The van der Waals surface area contributed by atoms with Gasteiger partial charge < -0.3 is 15.0 Å². The number of likely N-dealkylation sites (tertiary alicyclic amines) is 1. The summed E-state index contributed by atoms with van der Waals surface area (Å²) < 4.78 is 5.85. The summed E-state index contributed by atoms with van der Waals surface area (Å²) in [6.07, 6.45) is 16.4. The zero-order chi connectivity index (χ0) is 19.9. The van der Waals surface area contributed by atoms with Gasteiger partial charge in [-0.3, -0.25) is 4.90 Å². The van der Waals surface area contributed by atoms with Crippen molar-refractivity contribution >= 4 is 11.8 Å². The molecule has 3 unspecified atom stereocenters. The molecule has 162 valence electrons. The van der Waals surface area contributed by atoms with Gasteiger partial charge in [0, 0.05) is 45.0 Å². The first-order chi connectivity index (χ1) is 14.3. The summed E-state index contributed by atoms with van der Waals surface area (Å²) in [6.45, 7) is 4.50. The molecule has 0 amide bonds. The molecule has 4 rings (SSSR count). The van der Waals surface area contributed by atoms with Crippen molar-refractivity contribution in [1.82, 2.24) is 14.9 Å². The van der Waals surface area contributed by atoms with Crippen LogP contribution in [-0.4, -0.2) is 66.3 Å². The molecule has 1 aromatic heterocycles. The maximum absolute atomic E-state index is 5.85. The maximum atomic E-state index is 5.85. The Morgan fingerprint density at radius 1 is 0.931 bits per heavy atom. The predicted octanol–water partition coefficient (Wildman–Crippen LogP) is 4.08. The summed E-state index contributed by atoms with van der Waals surface area (Å²) in [5.41, 5.74) is 0. The molecule has 0 spiro atoms.